The topological polar surface area (TPSA) is 98.1 Å². The number of imide groups is 1. The second-order valence-corrected chi connectivity index (χ2v) is 7.09. The predicted molar refractivity (Wildman–Crippen MR) is 114 cm³/mol. The molecule has 0 radical (unpaired) electrons. The molecule has 0 spiro atoms. The fourth-order valence-electron chi connectivity index (χ4n) is 3.22. The van der Waals surface area contributed by atoms with E-state index in [0.29, 0.717) is 16.9 Å². The van der Waals surface area contributed by atoms with E-state index < -0.39 is 17.9 Å². The van der Waals surface area contributed by atoms with Crippen molar-refractivity contribution in [1.29, 1.82) is 0 Å². The average molecular weight is 450 g/mol. The lowest BCUT2D eigenvalue weighted by Crippen LogP contribution is -2.30. The molecule has 0 atom stereocenters. The van der Waals surface area contributed by atoms with Crippen LogP contribution in [0.25, 0.3) is 6.08 Å². The standard InChI is InChI=1S/C24H19FN2O6/c1-31-23(29)21-10-9-18(33-21)13-27-22(28)19(26-24(27)30)12-16-6-2-3-8-20(16)32-14-15-5-4-7-17(25)11-15/h2-12H,13-14H2,1H3,(H,26,30). The number of hydrogen-bond donors (Lipinski definition) is 1. The van der Waals surface area contributed by atoms with Crippen LogP contribution in [-0.2, 0) is 22.7 Å². The summed E-state index contributed by atoms with van der Waals surface area (Å²) in [4.78, 5) is 37.7. The summed E-state index contributed by atoms with van der Waals surface area (Å²) in [5.41, 5.74) is 1.27. The van der Waals surface area contributed by atoms with Crippen LogP contribution in [0, 0.1) is 5.82 Å². The van der Waals surface area contributed by atoms with Crippen LogP contribution < -0.4 is 10.1 Å². The molecule has 0 unspecified atom stereocenters. The third-order valence-electron chi connectivity index (χ3n) is 4.83. The van der Waals surface area contributed by atoms with E-state index in [1.807, 2.05) is 0 Å². The van der Waals surface area contributed by atoms with Crippen molar-refractivity contribution in [3.05, 3.63) is 94.8 Å². The minimum atomic E-state index is -0.658. The lowest BCUT2D eigenvalue weighted by Gasteiger charge is -2.10. The van der Waals surface area contributed by atoms with Crippen LogP contribution in [0.5, 0.6) is 5.75 Å². The third-order valence-corrected chi connectivity index (χ3v) is 4.83. The number of carbonyl (C=O) groups excluding carboxylic acids is 3. The monoisotopic (exact) mass is 450 g/mol. The summed E-state index contributed by atoms with van der Waals surface area (Å²) in [6.07, 6.45) is 1.50. The number of para-hydroxylation sites is 1. The Bertz CT molecular complexity index is 1250. The number of rotatable bonds is 7. The lowest BCUT2D eigenvalue weighted by molar-refractivity contribution is -0.123. The van der Waals surface area contributed by atoms with Gasteiger partial charge in [0.1, 0.15) is 29.6 Å². The summed E-state index contributed by atoms with van der Waals surface area (Å²) < 4.78 is 29.1. The minimum absolute atomic E-state index is 0.0281. The SMILES string of the molecule is COC(=O)c1ccc(CN2C(=O)NC(=Cc3ccccc3OCc3cccc(F)c3)C2=O)o1. The number of ether oxygens (including phenoxy) is 2. The fourth-order valence-corrected chi connectivity index (χ4v) is 3.22. The molecule has 168 valence electrons. The number of hydrogen-bond acceptors (Lipinski definition) is 6. The van der Waals surface area contributed by atoms with E-state index in [2.05, 4.69) is 10.1 Å². The highest BCUT2D eigenvalue weighted by atomic mass is 19.1. The van der Waals surface area contributed by atoms with Crippen molar-refractivity contribution in [1.82, 2.24) is 10.2 Å². The van der Waals surface area contributed by atoms with Gasteiger partial charge in [-0.25, -0.2) is 14.0 Å². The van der Waals surface area contributed by atoms with E-state index in [1.54, 1.807) is 36.4 Å². The molecule has 33 heavy (non-hydrogen) atoms. The van der Waals surface area contributed by atoms with Crippen molar-refractivity contribution in [2.45, 2.75) is 13.2 Å². The summed E-state index contributed by atoms with van der Waals surface area (Å²) in [6, 6.07) is 15.3. The Morgan fingerprint density at radius 2 is 1.94 bits per heavy atom. The van der Waals surface area contributed by atoms with Gasteiger partial charge in [-0.3, -0.25) is 9.69 Å². The quantitative estimate of drug-likeness (QED) is 0.333. The Labute approximate surface area is 188 Å². The van der Waals surface area contributed by atoms with E-state index in [1.165, 1.54) is 37.5 Å². The van der Waals surface area contributed by atoms with Gasteiger partial charge >= 0.3 is 12.0 Å². The highest BCUT2D eigenvalue weighted by Gasteiger charge is 2.34. The largest absolute Gasteiger partial charge is 0.488 e. The Hall–Kier alpha value is -4.40. The van der Waals surface area contributed by atoms with Crippen LogP contribution in [0.2, 0.25) is 0 Å². The molecule has 8 nitrogen and oxygen atoms in total. The highest BCUT2D eigenvalue weighted by Crippen LogP contribution is 2.24. The molecule has 1 aromatic heterocycles. The van der Waals surface area contributed by atoms with Gasteiger partial charge in [-0.05, 0) is 42.0 Å². The van der Waals surface area contributed by atoms with Crippen LogP contribution in [0.15, 0.2) is 70.8 Å². The Kier molecular flexibility index (Phi) is 6.21. The number of halogens is 1. The van der Waals surface area contributed by atoms with Crippen LogP contribution in [0.3, 0.4) is 0 Å². The number of carbonyl (C=O) groups is 3. The van der Waals surface area contributed by atoms with Crippen molar-refractivity contribution < 1.29 is 32.7 Å². The molecule has 1 aliphatic heterocycles. The van der Waals surface area contributed by atoms with Gasteiger partial charge in [0.2, 0.25) is 5.76 Å². The van der Waals surface area contributed by atoms with Gasteiger partial charge in [0, 0.05) is 5.56 Å². The molecular formula is C24H19FN2O6. The molecule has 0 aliphatic carbocycles. The van der Waals surface area contributed by atoms with Crippen LogP contribution in [0.4, 0.5) is 9.18 Å². The molecule has 1 saturated heterocycles. The molecule has 1 fully saturated rings. The van der Waals surface area contributed by atoms with Gasteiger partial charge in [-0.2, -0.15) is 0 Å². The maximum Gasteiger partial charge on any atom is 0.373 e. The first-order valence-electron chi connectivity index (χ1n) is 9.92. The second kappa shape index (κ2) is 9.39. The molecule has 0 saturated carbocycles. The Balaban J connectivity index is 1.49. The van der Waals surface area contributed by atoms with Crippen LogP contribution in [-0.4, -0.2) is 29.9 Å². The molecule has 2 heterocycles. The lowest BCUT2D eigenvalue weighted by atomic mass is 10.1. The van der Waals surface area contributed by atoms with Gasteiger partial charge in [0.05, 0.1) is 13.7 Å². The number of methoxy groups -OCH3 is 1. The molecule has 3 aromatic rings. The van der Waals surface area contributed by atoms with Crippen molar-refractivity contribution in [3.8, 4) is 5.75 Å². The van der Waals surface area contributed by atoms with Gasteiger partial charge in [0.15, 0.2) is 0 Å². The second-order valence-electron chi connectivity index (χ2n) is 7.09. The maximum absolute atomic E-state index is 13.4. The van der Waals surface area contributed by atoms with E-state index in [-0.39, 0.29) is 36.2 Å². The summed E-state index contributed by atoms with van der Waals surface area (Å²) in [5.74, 6) is -0.895. The normalized spacial score (nSPS) is 14.5. The van der Waals surface area contributed by atoms with Crippen molar-refractivity contribution in [3.63, 3.8) is 0 Å². The average Bonchev–Trinajstić information content (AvgIpc) is 3.38. The van der Waals surface area contributed by atoms with Crippen molar-refractivity contribution in [2.24, 2.45) is 0 Å². The van der Waals surface area contributed by atoms with E-state index in [4.69, 9.17) is 9.15 Å². The summed E-state index contributed by atoms with van der Waals surface area (Å²) in [5, 5.41) is 2.53. The third kappa shape index (κ3) is 4.93. The fraction of sp³-hybridized carbons (Fsp3) is 0.125. The molecule has 1 aliphatic rings. The van der Waals surface area contributed by atoms with Gasteiger partial charge < -0.3 is 19.2 Å². The number of furan rings is 1. The molecular weight excluding hydrogens is 431 g/mol. The molecule has 2 aromatic carbocycles. The highest BCUT2D eigenvalue weighted by molar-refractivity contribution is 6.14. The minimum Gasteiger partial charge on any atom is -0.488 e. The number of urea groups is 1. The molecule has 3 amide bonds. The molecule has 0 bridgehead atoms. The number of nitrogens with zero attached hydrogens (tertiary/aromatic N) is 1. The Morgan fingerprint density at radius 1 is 1.12 bits per heavy atom. The van der Waals surface area contributed by atoms with Crippen molar-refractivity contribution >= 4 is 24.0 Å². The summed E-state index contributed by atoms with van der Waals surface area (Å²) in [7, 11) is 1.22. The number of amides is 3. The number of esters is 1. The van der Waals surface area contributed by atoms with E-state index in [9.17, 15) is 18.8 Å². The van der Waals surface area contributed by atoms with Gasteiger partial charge in [-0.15, -0.1) is 0 Å². The van der Waals surface area contributed by atoms with E-state index in [0.717, 1.165) is 4.90 Å². The predicted octanol–water partition coefficient (Wildman–Crippen LogP) is 3.88. The summed E-state index contributed by atoms with van der Waals surface area (Å²) >= 11 is 0. The number of benzene rings is 2. The molecule has 4 rings (SSSR count). The zero-order valence-corrected chi connectivity index (χ0v) is 17.5. The first-order chi connectivity index (χ1) is 15.9. The van der Waals surface area contributed by atoms with Gasteiger partial charge in [0.25, 0.3) is 5.91 Å². The van der Waals surface area contributed by atoms with Gasteiger partial charge in [-0.1, -0.05) is 30.3 Å². The smallest absolute Gasteiger partial charge is 0.373 e. The van der Waals surface area contributed by atoms with Crippen LogP contribution in [0.1, 0.15) is 27.4 Å². The zero-order chi connectivity index (χ0) is 23.4. The summed E-state index contributed by atoms with van der Waals surface area (Å²) in [6.45, 7) is -0.0257. The molecule has 9 heteroatoms. The Morgan fingerprint density at radius 3 is 2.73 bits per heavy atom. The first-order valence-corrected chi connectivity index (χ1v) is 9.92. The molecule has 1 N–H and O–H groups in total. The van der Waals surface area contributed by atoms with Crippen LogP contribution >= 0.6 is 0 Å². The first kappa shape index (κ1) is 21.8. The number of nitrogens with one attached hydrogen (secondary N) is 1. The van der Waals surface area contributed by atoms with E-state index >= 15 is 0 Å². The maximum atomic E-state index is 13.4. The zero-order valence-electron chi connectivity index (χ0n) is 17.5. The van der Waals surface area contributed by atoms with Crippen molar-refractivity contribution in [2.75, 3.05) is 7.11 Å².